The van der Waals surface area contributed by atoms with E-state index in [9.17, 15) is 9.36 Å². The maximum absolute atomic E-state index is 13.1. The van der Waals surface area contributed by atoms with Crippen molar-refractivity contribution in [2.75, 3.05) is 0 Å². The minimum atomic E-state index is -4.19. The molecule has 0 saturated carbocycles. The molecule has 0 spiro atoms. The molecule has 0 aliphatic rings. The lowest BCUT2D eigenvalue weighted by Crippen LogP contribution is -2.20. The third-order valence-corrected chi connectivity index (χ3v) is 5.24. The Hall–Kier alpha value is -3.10. The van der Waals surface area contributed by atoms with Gasteiger partial charge in [0.25, 0.3) is 5.56 Å². The Morgan fingerprint density at radius 1 is 1.20 bits per heavy atom. The molecule has 152 valence electrons. The second kappa shape index (κ2) is 7.97. The quantitative estimate of drug-likeness (QED) is 0.321. The van der Waals surface area contributed by atoms with Crippen LogP contribution < -0.4 is 5.56 Å². The number of aromatic amines is 1. The molecule has 0 amide bonds. The lowest BCUT2D eigenvalue weighted by molar-refractivity contribution is 0.371. The molecule has 3 N–H and O–H groups in total. The number of H-pyrrole nitrogens is 1. The van der Waals surface area contributed by atoms with E-state index in [0.29, 0.717) is 32.9 Å². The molecule has 30 heavy (non-hydrogen) atoms. The van der Waals surface area contributed by atoms with Crippen molar-refractivity contribution in [1.82, 2.24) is 19.6 Å². The second-order valence-electron chi connectivity index (χ2n) is 6.45. The molecule has 11 heteroatoms. The number of nitrogens with zero attached hydrogens (tertiary/aromatic N) is 4. The van der Waals surface area contributed by atoms with Crippen LogP contribution in [0.15, 0.2) is 64.8 Å². The summed E-state index contributed by atoms with van der Waals surface area (Å²) >= 11 is 6.06. The summed E-state index contributed by atoms with van der Waals surface area (Å²) in [5.74, 6) is 0.710. The summed E-state index contributed by atoms with van der Waals surface area (Å²) < 4.78 is 12.4. The third kappa shape index (κ3) is 4.39. The van der Waals surface area contributed by atoms with Gasteiger partial charge in [0.05, 0.1) is 23.3 Å². The Balaban J connectivity index is 1.87. The Bertz CT molecular complexity index is 1340. The molecule has 0 fully saturated rings. The van der Waals surface area contributed by atoms with E-state index in [1.54, 1.807) is 54.9 Å². The molecule has 2 heterocycles. The zero-order valence-electron chi connectivity index (χ0n) is 15.3. The van der Waals surface area contributed by atoms with E-state index in [-0.39, 0.29) is 12.0 Å². The monoisotopic (exact) mass is 443 g/mol. The highest BCUT2D eigenvalue weighted by Crippen LogP contribution is 2.39. The summed E-state index contributed by atoms with van der Waals surface area (Å²) in [5.41, 5.74) is 1.02. The Kier molecular flexibility index (Phi) is 5.36. The van der Waals surface area contributed by atoms with Crippen LogP contribution in [0.2, 0.25) is 5.02 Å². The summed E-state index contributed by atoms with van der Waals surface area (Å²) in [4.78, 5) is 42.9. The van der Waals surface area contributed by atoms with Gasteiger partial charge in [-0.2, -0.15) is 9.78 Å². The van der Waals surface area contributed by atoms with Crippen molar-refractivity contribution < 1.29 is 14.4 Å². The van der Waals surface area contributed by atoms with Crippen LogP contribution in [0.1, 0.15) is 11.4 Å². The van der Waals surface area contributed by atoms with Crippen LogP contribution in [0.25, 0.3) is 22.3 Å². The van der Waals surface area contributed by atoms with Gasteiger partial charge in [-0.1, -0.05) is 35.9 Å². The summed E-state index contributed by atoms with van der Waals surface area (Å²) in [5, 5.41) is 5.03. The topological polar surface area (TPSA) is 133 Å². The number of nitrogens with one attached hydrogen (secondary N) is 1. The van der Waals surface area contributed by atoms with Crippen LogP contribution in [-0.4, -0.2) is 35.6 Å². The van der Waals surface area contributed by atoms with E-state index in [2.05, 4.69) is 20.1 Å². The van der Waals surface area contributed by atoms with Crippen molar-refractivity contribution in [2.45, 2.75) is 6.16 Å². The lowest BCUT2D eigenvalue weighted by atomic mass is 10.1. The molecule has 2 aromatic heterocycles. The first-order valence-electron chi connectivity index (χ1n) is 8.70. The smallest absolute Gasteiger partial charge is 0.329 e. The van der Waals surface area contributed by atoms with E-state index < -0.39 is 13.2 Å². The molecule has 0 atom stereocenters. The fraction of sp³-hybridized carbons (Fsp3) is 0.0526. The second-order valence-corrected chi connectivity index (χ2v) is 8.53. The Labute approximate surface area is 174 Å². The predicted octanol–water partition coefficient (Wildman–Crippen LogP) is 3.00. The van der Waals surface area contributed by atoms with Crippen molar-refractivity contribution in [2.24, 2.45) is 5.10 Å². The van der Waals surface area contributed by atoms with Gasteiger partial charge >= 0.3 is 7.60 Å². The minimum Gasteiger partial charge on any atom is -0.344 e. The maximum Gasteiger partial charge on any atom is 0.329 e. The van der Waals surface area contributed by atoms with Crippen molar-refractivity contribution in [3.63, 3.8) is 0 Å². The summed E-state index contributed by atoms with van der Waals surface area (Å²) in [7, 11) is -4.19. The van der Waals surface area contributed by atoms with Crippen LogP contribution in [0.5, 0.6) is 0 Å². The van der Waals surface area contributed by atoms with Gasteiger partial charge in [0.2, 0.25) is 0 Å². The average Bonchev–Trinajstić information content (AvgIpc) is 3.20. The third-order valence-electron chi connectivity index (χ3n) is 4.23. The van der Waals surface area contributed by atoms with Crippen molar-refractivity contribution in [1.29, 1.82) is 0 Å². The molecule has 0 aliphatic carbocycles. The van der Waals surface area contributed by atoms with Gasteiger partial charge in [-0.05, 0) is 23.8 Å². The van der Waals surface area contributed by atoms with Gasteiger partial charge in [-0.3, -0.25) is 9.36 Å². The van der Waals surface area contributed by atoms with Crippen LogP contribution >= 0.6 is 19.2 Å². The molecule has 4 rings (SSSR count). The molecule has 0 saturated heterocycles. The van der Waals surface area contributed by atoms with E-state index in [1.807, 2.05) is 0 Å². The summed E-state index contributed by atoms with van der Waals surface area (Å²) in [6.07, 6.45) is 4.21. The molecule has 9 nitrogen and oxygen atoms in total. The average molecular weight is 444 g/mol. The summed E-state index contributed by atoms with van der Waals surface area (Å²) in [6.45, 7) is 0. The van der Waals surface area contributed by atoms with E-state index in [0.717, 1.165) is 4.68 Å². The fourth-order valence-corrected chi connectivity index (χ4v) is 3.75. The fourth-order valence-electron chi connectivity index (χ4n) is 2.90. The highest BCUT2D eigenvalue weighted by molar-refractivity contribution is 7.50. The van der Waals surface area contributed by atoms with E-state index >= 15 is 0 Å². The first-order chi connectivity index (χ1) is 14.3. The highest BCUT2D eigenvalue weighted by Gasteiger charge is 2.16. The van der Waals surface area contributed by atoms with Gasteiger partial charge < -0.3 is 14.8 Å². The number of fused-ring (bicyclic) bond motifs is 1. The van der Waals surface area contributed by atoms with Crippen LogP contribution in [0.4, 0.5) is 0 Å². The lowest BCUT2D eigenvalue weighted by Gasteiger charge is -2.10. The Morgan fingerprint density at radius 2 is 1.97 bits per heavy atom. The molecular formula is C19H15ClN5O4P. The number of aromatic nitrogens is 4. The number of rotatable bonds is 5. The van der Waals surface area contributed by atoms with Gasteiger partial charge in [-0.15, -0.1) is 0 Å². The molecule has 0 aliphatic heterocycles. The highest BCUT2D eigenvalue weighted by atomic mass is 35.5. The van der Waals surface area contributed by atoms with Gasteiger partial charge in [-0.25, -0.2) is 9.97 Å². The number of halogens is 1. The molecule has 0 bridgehead atoms. The van der Waals surface area contributed by atoms with Crippen molar-refractivity contribution in [3.05, 3.63) is 81.6 Å². The van der Waals surface area contributed by atoms with E-state index in [1.165, 1.54) is 6.21 Å². The maximum atomic E-state index is 13.1. The van der Waals surface area contributed by atoms with Gasteiger partial charge in [0.15, 0.2) is 5.82 Å². The largest absolute Gasteiger partial charge is 0.344 e. The normalized spacial score (nSPS) is 12.1. The first-order valence-corrected chi connectivity index (χ1v) is 10.9. The SMILES string of the molecule is O=c1c2ccc(Cl)cc2nc(-c2ccc(CP(=O)(O)O)cc2)n1/N=C/c1ncc[nH]1. The molecule has 0 unspecified atom stereocenters. The molecule has 2 aromatic carbocycles. The minimum absolute atomic E-state index is 0.250. The first kappa shape index (κ1) is 20.2. The van der Waals surface area contributed by atoms with Crippen LogP contribution in [0.3, 0.4) is 0 Å². The standard InChI is InChI=1S/C19H15ClN5O4P/c20-14-5-6-15-16(9-14)24-18(13-3-1-12(2-4-13)11-30(27,28)29)25(19(15)26)23-10-17-21-7-8-22-17/h1-10H,11H2,(H,21,22)(H2,27,28,29)/b23-10+. The van der Waals surface area contributed by atoms with Crippen molar-refractivity contribution in [3.8, 4) is 11.4 Å². The van der Waals surface area contributed by atoms with Gasteiger partial charge in [0.1, 0.15) is 5.82 Å². The molecule has 4 aromatic rings. The zero-order chi connectivity index (χ0) is 21.3. The summed E-state index contributed by atoms with van der Waals surface area (Å²) in [6, 6.07) is 11.2. The predicted molar refractivity (Wildman–Crippen MR) is 114 cm³/mol. The zero-order valence-corrected chi connectivity index (χ0v) is 17.0. The van der Waals surface area contributed by atoms with Gasteiger partial charge in [0, 0.05) is 23.0 Å². The number of hydrogen-bond acceptors (Lipinski definition) is 5. The molecular weight excluding hydrogens is 429 g/mol. The molecule has 0 radical (unpaired) electrons. The van der Waals surface area contributed by atoms with Crippen LogP contribution in [-0.2, 0) is 10.7 Å². The number of hydrogen-bond donors (Lipinski definition) is 3. The van der Waals surface area contributed by atoms with Crippen LogP contribution in [0, 0.1) is 0 Å². The number of imidazole rings is 1. The Morgan fingerprint density at radius 3 is 2.63 bits per heavy atom. The van der Waals surface area contributed by atoms with E-state index in [4.69, 9.17) is 21.4 Å². The van der Waals surface area contributed by atoms with Crippen molar-refractivity contribution >= 4 is 36.3 Å². The number of benzene rings is 2.